The molecule has 0 bridgehead atoms. The zero-order valence-corrected chi connectivity index (χ0v) is 11.9. The van der Waals surface area contributed by atoms with Gasteiger partial charge in [0, 0.05) is 5.56 Å². The molecule has 1 heterocycles. The van der Waals surface area contributed by atoms with Crippen molar-refractivity contribution in [3.8, 4) is 0 Å². The SMILES string of the molecule is O=C(CC1(C(F)(F)F)[NH2+]CC[NH2+]1)c1cccc2ccccc12. The molecule has 2 aromatic rings. The normalized spacial score (nSPS) is 17.8. The second kappa shape index (κ2) is 5.37. The molecule has 1 aliphatic rings. The molecule has 0 amide bonds. The summed E-state index contributed by atoms with van der Waals surface area (Å²) in [6, 6.07) is 12.4. The smallest absolute Gasteiger partial charge is 0.294 e. The third-order valence-electron chi connectivity index (χ3n) is 4.25. The highest BCUT2D eigenvalue weighted by Gasteiger charge is 2.65. The van der Waals surface area contributed by atoms with Crippen molar-refractivity contribution in [1.82, 2.24) is 0 Å². The number of Topliss-reactive ketones (excluding diaryl/α,β-unsaturated/α-hetero) is 1. The lowest BCUT2D eigenvalue weighted by molar-refractivity contribution is -0.911. The first-order chi connectivity index (χ1) is 10.4. The maximum atomic E-state index is 13.4. The van der Waals surface area contributed by atoms with Gasteiger partial charge in [-0.1, -0.05) is 42.5 Å². The van der Waals surface area contributed by atoms with E-state index in [0.717, 1.165) is 5.39 Å². The Morgan fingerprint density at radius 2 is 1.68 bits per heavy atom. The van der Waals surface area contributed by atoms with Crippen LogP contribution in [0.5, 0.6) is 0 Å². The summed E-state index contributed by atoms with van der Waals surface area (Å²) in [6.45, 7) is 0.727. The Bertz CT molecular complexity index is 701. The predicted molar refractivity (Wildman–Crippen MR) is 75.3 cm³/mol. The van der Waals surface area contributed by atoms with Gasteiger partial charge in [0.25, 0.3) is 0 Å². The minimum absolute atomic E-state index is 0.357. The highest BCUT2D eigenvalue weighted by atomic mass is 19.4. The number of ketones is 1. The topological polar surface area (TPSA) is 50.3 Å². The molecule has 0 aromatic heterocycles. The Morgan fingerprint density at radius 3 is 2.36 bits per heavy atom. The zero-order valence-electron chi connectivity index (χ0n) is 11.9. The summed E-state index contributed by atoms with van der Waals surface area (Å²) in [7, 11) is 0. The highest BCUT2D eigenvalue weighted by molar-refractivity contribution is 6.08. The van der Waals surface area contributed by atoms with E-state index in [1.807, 2.05) is 18.2 Å². The van der Waals surface area contributed by atoms with Gasteiger partial charge in [0.15, 0.2) is 5.78 Å². The lowest BCUT2D eigenvalue weighted by Gasteiger charge is -2.24. The summed E-state index contributed by atoms with van der Waals surface area (Å²) in [4.78, 5) is 12.5. The second-order valence-corrected chi connectivity index (χ2v) is 5.65. The number of rotatable bonds is 3. The molecule has 1 saturated heterocycles. The van der Waals surface area contributed by atoms with Crippen LogP contribution in [0.2, 0.25) is 0 Å². The number of benzene rings is 2. The molecule has 0 unspecified atom stereocenters. The molecule has 3 rings (SSSR count). The number of hydrogen-bond donors (Lipinski definition) is 2. The molecule has 3 nitrogen and oxygen atoms in total. The molecule has 0 aliphatic carbocycles. The molecule has 4 N–H and O–H groups in total. The van der Waals surface area contributed by atoms with Crippen LogP contribution in [0.25, 0.3) is 10.8 Å². The first-order valence-electron chi connectivity index (χ1n) is 7.19. The van der Waals surface area contributed by atoms with Gasteiger partial charge in [0.2, 0.25) is 0 Å². The average molecular weight is 310 g/mol. The van der Waals surface area contributed by atoms with Crippen LogP contribution in [0.4, 0.5) is 13.2 Å². The fourth-order valence-electron chi connectivity index (χ4n) is 3.07. The minimum atomic E-state index is -4.43. The molecule has 1 fully saturated rings. The number of fused-ring (bicyclic) bond motifs is 1. The monoisotopic (exact) mass is 310 g/mol. The molecular weight excluding hydrogens is 293 g/mol. The first kappa shape index (κ1) is 15.0. The van der Waals surface area contributed by atoms with E-state index in [2.05, 4.69) is 0 Å². The largest absolute Gasteiger partial charge is 0.503 e. The third kappa shape index (κ3) is 2.48. The molecule has 22 heavy (non-hydrogen) atoms. The summed E-state index contributed by atoms with van der Waals surface area (Å²) in [6.07, 6.45) is -4.98. The van der Waals surface area contributed by atoms with E-state index in [9.17, 15) is 18.0 Å². The first-order valence-corrected chi connectivity index (χ1v) is 7.19. The van der Waals surface area contributed by atoms with Crippen molar-refractivity contribution in [2.75, 3.05) is 13.1 Å². The minimum Gasteiger partial charge on any atom is -0.294 e. The fourth-order valence-corrected chi connectivity index (χ4v) is 3.07. The van der Waals surface area contributed by atoms with Gasteiger partial charge in [-0.2, -0.15) is 13.2 Å². The summed E-state index contributed by atoms with van der Waals surface area (Å²) in [5, 5.41) is 4.02. The molecule has 0 atom stereocenters. The summed E-state index contributed by atoms with van der Waals surface area (Å²) in [5.41, 5.74) is -1.73. The van der Waals surface area contributed by atoms with Crippen LogP contribution in [-0.4, -0.2) is 30.7 Å². The molecular formula is C16H17F3N2O+2. The number of nitrogens with two attached hydrogens (primary N) is 2. The van der Waals surface area contributed by atoms with Crippen molar-refractivity contribution in [1.29, 1.82) is 0 Å². The molecule has 0 spiro atoms. The number of quaternary nitrogens is 2. The lowest BCUT2D eigenvalue weighted by atomic mass is 9.94. The summed E-state index contributed by atoms with van der Waals surface area (Å²) in [5.74, 6) is -0.469. The van der Waals surface area contributed by atoms with E-state index in [-0.39, 0.29) is 0 Å². The molecule has 116 valence electrons. The number of carbonyl (C=O) groups excluding carboxylic acids is 1. The van der Waals surface area contributed by atoms with Crippen LogP contribution in [0.15, 0.2) is 42.5 Å². The number of alkyl halides is 3. The van der Waals surface area contributed by atoms with Crippen molar-refractivity contribution in [2.24, 2.45) is 0 Å². The van der Waals surface area contributed by atoms with Crippen molar-refractivity contribution < 1.29 is 28.6 Å². The average Bonchev–Trinajstić information content (AvgIpc) is 2.96. The van der Waals surface area contributed by atoms with Crippen LogP contribution in [0, 0.1) is 0 Å². The van der Waals surface area contributed by atoms with Gasteiger partial charge in [-0.15, -0.1) is 0 Å². The Hall–Kier alpha value is -1.92. The second-order valence-electron chi connectivity index (χ2n) is 5.65. The zero-order chi connectivity index (χ0) is 15.8. The van der Waals surface area contributed by atoms with Gasteiger partial charge in [-0.05, 0) is 10.8 Å². The number of carbonyl (C=O) groups is 1. The van der Waals surface area contributed by atoms with E-state index >= 15 is 0 Å². The van der Waals surface area contributed by atoms with Crippen LogP contribution in [-0.2, 0) is 0 Å². The van der Waals surface area contributed by atoms with Gasteiger partial charge >= 0.3 is 11.8 Å². The molecule has 0 saturated carbocycles. The van der Waals surface area contributed by atoms with Crippen molar-refractivity contribution >= 4 is 16.6 Å². The van der Waals surface area contributed by atoms with Crippen molar-refractivity contribution in [3.05, 3.63) is 48.0 Å². The van der Waals surface area contributed by atoms with Crippen LogP contribution in [0.3, 0.4) is 0 Å². The lowest BCUT2D eigenvalue weighted by Crippen LogP contribution is -3.15. The van der Waals surface area contributed by atoms with Gasteiger partial charge in [0.1, 0.15) is 19.5 Å². The maximum absolute atomic E-state index is 13.4. The van der Waals surface area contributed by atoms with E-state index in [1.165, 1.54) is 10.6 Å². The van der Waals surface area contributed by atoms with Crippen LogP contribution < -0.4 is 10.6 Å². The van der Waals surface area contributed by atoms with Crippen LogP contribution in [0.1, 0.15) is 16.8 Å². The molecule has 2 aromatic carbocycles. The van der Waals surface area contributed by atoms with Gasteiger partial charge in [-0.3, -0.25) is 15.4 Å². The third-order valence-corrected chi connectivity index (χ3v) is 4.25. The van der Waals surface area contributed by atoms with E-state index in [0.29, 0.717) is 24.0 Å². The Balaban J connectivity index is 1.96. The van der Waals surface area contributed by atoms with E-state index in [1.54, 1.807) is 24.3 Å². The van der Waals surface area contributed by atoms with Crippen molar-refractivity contribution in [3.63, 3.8) is 0 Å². The van der Waals surface area contributed by atoms with E-state index in [4.69, 9.17) is 0 Å². The molecule has 1 aliphatic heterocycles. The molecule has 6 heteroatoms. The number of hydrogen-bond acceptors (Lipinski definition) is 1. The standard InChI is InChI=1S/C16H15F3N2O/c17-16(18,19)15(20-8-9-21-15)10-14(22)13-7-3-5-11-4-1-2-6-12(11)13/h1-7,20-21H,8-10H2/p+2. The highest BCUT2D eigenvalue weighted by Crippen LogP contribution is 2.28. The number of halogens is 3. The quantitative estimate of drug-likeness (QED) is 0.810. The predicted octanol–water partition coefficient (Wildman–Crippen LogP) is 0.812. The fraction of sp³-hybridized carbons (Fsp3) is 0.312. The van der Waals surface area contributed by atoms with Gasteiger partial charge in [-0.25, -0.2) is 0 Å². The van der Waals surface area contributed by atoms with E-state index < -0.39 is 24.0 Å². The molecule has 0 radical (unpaired) electrons. The Labute approximate surface area is 125 Å². The van der Waals surface area contributed by atoms with Crippen molar-refractivity contribution in [2.45, 2.75) is 18.3 Å². The summed E-state index contributed by atoms with van der Waals surface area (Å²) >= 11 is 0. The van der Waals surface area contributed by atoms with Gasteiger partial charge < -0.3 is 0 Å². The Morgan fingerprint density at radius 1 is 1.05 bits per heavy atom. The Kier molecular flexibility index (Phi) is 3.66. The van der Waals surface area contributed by atoms with Gasteiger partial charge in [0.05, 0.1) is 0 Å². The van der Waals surface area contributed by atoms with Crippen LogP contribution >= 0.6 is 0 Å². The maximum Gasteiger partial charge on any atom is 0.503 e. The summed E-state index contributed by atoms with van der Waals surface area (Å²) < 4.78 is 40.2.